The van der Waals surface area contributed by atoms with Gasteiger partial charge in [-0.15, -0.1) is 0 Å². The summed E-state index contributed by atoms with van der Waals surface area (Å²) in [5, 5.41) is 3.05. The van der Waals surface area contributed by atoms with Crippen LogP contribution in [0.25, 0.3) is 0 Å². The van der Waals surface area contributed by atoms with E-state index in [1.165, 1.54) is 0 Å². The zero-order valence-corrected chi connectivity index (χ0v) is 12.0. The van der Waals surface area contributed by atoms with Crippen molar-refractivity contribution in [2.75, 3.05) is 18.9 Å². The summed E-state index contributed by atoms with van der Waals surface area (Å²) in [6.07, 6.45) is 0. The highest BCUT2D eigenvalue weighted by Gasteiger charge is 2.14. The number of nitrogens with one attached hydrogen (secondary N) is 1. The van der Waals surface area contributed by atoms with Crippen molar-refractivity contribution in [2.24, 2.45) is 0 Å². The Morgan fingerprint density at radius 3 is 2.25 bits per heavy atom. The second kappa shape index (κ2) is 6.75. The van der Waals surface area contributed by atoms with E-state index in [9.17, 15) is 4.79 Å². The SMILES string of the molecule is CCN(Cc1ccccc1)C(=O)c1ccc(NC)cc1. The number of carbonyl (C=O) groups is 1. The van der Waals surface area contributed by atoms with Crippen LogP contribution in [0.3, 0.4) is 0 Å². The van der Waals surface area contributed by atoms with E-state index in [4.69, 9.17) is 0 Å². The zero-order chi connectivity index (χ0) is 14.4. The molecule has 2 aromatic carbocycles. The molecule has 0 bridgehead atoms. The summed E-state index contributed by atoms with van der Waals surface area (Å²) in [5.41, 5.74) is 2.88. The van der Waals surface area contributed by atoms with Gasteiger partial charge in [0.2, 0.25) is 0 Å². The Labute approximate surface area is 120 Å². The minimum Gasteiger partial charge on any atom is -0.388 e. The Balaban J connectivity index is 2.12. The van der Waals surface area contributed by atoms with Crippen LogP contribution in [0.15, 0.2) is 54.6 Å². The second-order valence-corrected chi connectivity index (χ2v) is 4.63. The van der Waals surface area contributed by atoms with Gasteiger partial charge in [0.25, 0.3) is 5.91 Å². The maximum absolute atomic E-state index is 12.5. The molecular weight excluding hydrogens is 248 g/mol. The fourth-order valence-electron chi connectivity index (χ4n) is 2.09. The molecule has 0 saturated carbocycles. The number of amides is 1. The van der Waals surface area contributed by atoms with E-state index in [1.807, 2.05) is 73.5 Å². The third kappa shape index (κ3) is 3.38. The molecule has 0 radical (unpaired) electrons. The van der Waals surface area contributed by atoms with E-state index < -0.39 is 0 Å². The summed E-state index contributed by atoms with van der Waals surface area (Å²) in [5.74, 6) is 0.0685. The molecule has 0 fully saturated rings. The van der Waals surface area contributed by atoms with Crippen molar-refractivity contribution in [3.05, 3.63) is 65.7 Å². The first-order valence-corrected chi connectivity index (χ1v) is 6.85. The topological polar surface area (TPSA) is 32.3 Å². The highest BCUT2D eigenvalue weighted by Crippen LogP contribution is 2.13. The molecule has 0 spiro atoms. The van der Waals surface area contributed by atoms with Crippen LogP contribution in [0.5, 0.6) is 0 Å². The first-order valence-electron chi connectivity index (χ1n) is 6.85. The summed E-state index contributed by atoms with van der Waals surface area (Å²) >= 11 is 0. The van der Waals surface area contributed by atoms with Gasteiger partial charge in [0, 0.05) is 31.4 Å². The van der Waals surface area contributed by atoms with Crippen LogP contribution in [0, 0.1) is 0 Å². The number of nitrogens with zero attached hydrogens (tertiary/aromatic N) is 1. The van der Waals surface area contributed by atoms with Crippen molar-refractivity contribution >= 4 is 11.6 Å². The Morgan fingerprint density at radius 2 is 1.70 bits per heavy atom. The van der Waals surface area contributed by atoms with Crippen molar-refractivity contribution in [3.8, 4) is 0 Å². The molecule has 0 atom stereocenters. The molecule has 3 nitrogen and oxygen atoms in total. The van der Waals surface area contributed by atoms with Crippen molar-refractivity contribution in [1.82, 2.24) is 4.90 Å². The van der Waals surface area contributed by atoms with Crippen LogP contribution >= 0.6 is 0 Å². The Bertz CT molecular complexity index is 549. The summed E-state index contributed by atoms with van der Waals surface area (Å²) in [7, 11) is 1.87. The van der Waals surface area contributed by atoms with E-state index in [-0.39, 0.29) is 5.91 Å². The monoisotopic (exact) mass is 268 g/mol. The van der Waals surface area contributed by atoms with E-state index in [0.29, 0.717) is 13.1 Å². The summed E-state index contributed by atoms with van der Waals surface area (Å²) < 4.78 is 0. The molecule has 0 aliphatic rings. The number of rotatable bonds is 5. The lowest BCUT2D eigenvalue weighted by Crippen LogP contribution is -2.30. The summed E-state index contributed by atoms with van der Waals surface area (Å²) in [6.45, 7) is 3.34. The highest BCUT2D eigenvalue weighted by molar-refractivity contribution is 5.94. The molecule has 104 valence electrons. The number of carbonyl (C=O) groups excluding carboxylic acids is 1. The quantitative estimate of drug-likeness (QED) is 0.901. The van der Waals surface area contributed by atoms with Gasteiger partial charge in [-0.1, -0.05) is 30.3 Å². The van der Waals surface area contributed by atoms with Crippen LogP contribution in [-0.4, -0.2) is 24.4 Å². The lowest BCUT2D eigenvalue weighted by atomic mass is 10.1. The average molecular weight is 268 g/mol. The highest BCUT2D eigenvalue weighted by atomic mass is 16.2. The van der Waals surface area contributed by atoms with Gasteiger partial charge in [-0.25, -0.2) is 0 Å². The molecule has 0 aliphatic heterocycles. The van der Waals surface area contributed by atoms with Crippen molar-refractivity contribution in [3.63, 3.8) is 0 Å². The first-order chi connectivity index (χ1) is 9.74. The van der Waals surface area contributed by atoms with Gasteiger partial charge >= 0.3 is 0 Å². The van der Waals surface area contributed by atoms with E-state index in [0.717, 1.165) is 16.8 Å². The minimum absolute atomic E-state index is 0.0685. The van der Waals surface area contributed by atoms with Gasteiger partial charge < -0.3 is 10.2 Å². The zero-order valence-electron chi connectivity index (χ0n) is 12.0. The van der Waals surface area contributed by atoms with Crippen LogP contribution in [-0.2, 0) is 6.54 Å². The van der Waals surface area contributed by atoms with Gasteiger partial charge in [-0.2, -0.15) is 0 Å². The average Bonchev–Trinajstić information content (AvgIpc) is 2.53. The fourth-order valence-corrected chi connectivity index (χ4v) is 2.09. The number of hydrogen-bond acceptors (Lipinski definition) is 2. The molecular formula is C17H20N2O. The predicted octanol–water partition coefficient (Wildman–Crippen LogP) is 3.39. The largest absolute Gasteiger partial charge is 0.388 e. The maximum Gasteiger partial charge on any atom is 0.254 e. The Morgan fingerprint density at radius 1 is 1.05 bits per heavy atom. The third-order valence-electron chi connectivity index (χ3n) is 3.31. The van der Waals surface area contributed by atoms with E-state index >= 15 is 0 Å². The summed E-state index contributed by atoms with van der Waals surface area (Å²) in [6, 6.07) is 17.6. The van der Waals surface area contributed by atoms with Crippen molar-refractivity contribution in [2.45, 2.75) is 13.5 Å². The van der Waals surface area contributed by atoms with E-state index in [1.54, 1.807) is 0 Å². The fraction of sp³-hybridized carbons (Fsp3) is 0.235. The Hall–Kier alpha value is -2.29. The van der Waals surface area contributed by atoms with Gasteiger partial charge in [0.15, 0.2) is 0 Å². The summed E-state index contributed by atoms with van der Waals surface area (Å²) in [4.78, 5) is 14.3. The molecule has 2 rings (SSSR count). The smallest absolute Gasteiger partial charge is 0.254 e. The molecule has 3 heteroatoms. The molecule has 0 aliphatic carbocycles. The molecule has 0 saturated heterocycles. The Kier molecular flexibility index (Phi) is 4.77. The number of benzene rings is 2. The van der Waals surface area contributed by atoms with Gasteiger partial charge in [0.1, 0.15) is 0 Å². The molecule has 20 heavy (non-hydrogen) atoms. The van der Waals surface area contributed by atoms with Gasteiger partial charge in [-0.05, 0) is 36.8 Å². The van der Waals surface area contributed by atoms with E-state index in [2.05, 4.69) is 5.32 Å². The molecule has 1 N–H and O–H groups in total. The predicted molar refractivity (Wildman–Crippen MR) is 82.8 cm³/mol. The molecule has 1 amide bonds. The van der Waals surface area contributed by atoms with Crippen molar-refractivity contribution < 1.29 is 4.79 Å². The molecule has 2 aromatic rings. The lowest BCUT2D eigenvalue weighted by molar-refractivity contribution is 0.0752. The van der Waals surface area contributed by atoms with Crippen LogP contribution < -0.4 is 5.32 Å². The van der Waals surface area contributed by atoms with Gasteiger partial charge in [-0.3, -0.25) is 4.79 Å². The van der Waals surface area contributed by atoms with Crippen LogP contribution in [0.1, 0.15) is 22.8 Å². The standard InChI is InChI=1S/C17H20N2O/c1-3-19(13-14-7-5-4-6-8-14)17(20)15-9-11-16(18-2)12-10-15/h4-12,18H,3,13H2,1-2H3. The van der Waals surface area contributed by atoms with Crippen LogP contribution in [0.2, 0.25) is 0 Å². The molecule has 0 aromatic heterocycles. The maximum atomic E-state index is 12.5. The number of hydrogen-bond donors (Lipinski definition) is 1. The third-order valence-corrected chi connectivity index (χ3v) is 3.31. The van der Waals surface area contributed by atoms with Crippen LogP contribution in [0.4, 0.5) is 5.69 Å². The number of anilines is 1. The lowest BCUT2D eigenvalue weighted by Gasteiger charge is -2.21. The minimum atomic E-state index is 0.0685. The first kappa shape index (κ1) is 14.1. The second-order valence-electron chi connectivity index (χ2n) is 4.63. The van der Waals surface area contributed by atoms with Crippen molar-refractivity contribution in [1.29, 1.82) is 0 Å². The molecule has 0 unspecified atom stereocenters. The normalized spacial score (nSPS) is 10.1. The molecule has 0 heterocycles. The van der Waals surface area contributed by atoms with Gasteiger partial charge in [0.05, 0.1) is 0 Å².